The zero-order valence-electron chi connectivity index (χ0n) is 16.4. The third-order valence-corrected chi connectivity index (χ3v) is 4.99. The van der Waals surface area contributed by atoms with Crippen molar-refractivity contribution in [1.82, 2.24) is 20.0 Å². The molecule has 0 radical (unpaired) electrons. The topological polar surface area (TPSA) is 62.6 Å². The van der Waals surface area contributed by atoms with E-state index in [9.17, 15) is 4.79 Å². The van der Waals surface area contributed by atoms with E-state index in [4.69, 9.17) is 4.74 Å². The Morgan fingerprint density at radius 3 is 2.67 bits per heavy atom. The first kappa shape index (κ1) is 19.4. The number of nitrogens with zero attached hydrogens (tertiary/aromatic N) is 4. The third kappa shape index (κ3) is 5.08. The van der Waals surface area contributed by atoms with Crippen LogP contribution in [0.5, 0.6) is 0 Å². The summed E-state index contributed by atoms with van der Waals surface area (Å²) in [5, 5.41) is 7.26. The number of amides is 1. The lowest BCUT2D eigenvalue weighted by atomic mass is 10.2. The molecule has 146 valence electrons. The quantitative estimate of drug-likeness (QED) is 0.796. The van der Waals surface area contributed by atoms with Crippen LogP contribution in [0.3, 0.4) is 0 Å². The number of anilines is 1. The summed E-state index contributed by atoms with van der Waals surface area (Å²) in [6, 6.07) is 10.3. The van der Waals surface area contributed by atoms with Crippen LogP contribution in [0.4, 0.5) is 5.69 Å². The highest BCUT2D eigenvalue weighted by Gasteiger charge is 2.22. The maximum Gasteiger partial charge on any atom is 0.234 e. The van der Waals surface area contributed by atoms with E-state index in [-0.39, 0.29) is 11.9 Å². The van der Waals surface area contributed by atoms with Crippen LogP contribution in [-0.2, 0) is 16.6 Å². The molecule has 0 aliphatic carbocycles. The molecule has 0 bridgehead atoms. The van der Waals surface area contributed by atoms with E-state index >= 15 is 0 Å². The van der Waals surface area contributed by atoms with Gasteiger partial charge in [-0.05, 0) is 30.7 Å². The number of benzene rings is 1. The molecule has 1 atom stereocenters. The van der Waals surface area contributed by atoms with E-state index in [1.54, 1.807) is 18.0 Å². The molecule has 1 aromatic heterocycles. The van der Waals surface area contributed by atoms with Crippen molar-refractivity contribution < 1.29 is 9.53 Å². The molecule has 2 heterocycles. The molecule has 1 aliphatic heterocycles. The third-order valence-electron chi connectivity index (χ3n) is 4.99. The van der Waals surface area contributed by atoms with E-state index in [1.165, 1.54) is 11.3 Å². The molecule has 7 nitrogen and oxygen atoms in total. The Bertz CT molecular complexity index is 752. The van der Waals surface area contributed by atoms with Crippen molar-refractivity contribution in [2.75, 3.05) is 51.3 Å². The molecule has 27 heavy (non-hydrogen) atoms. The van der Waals surface area contributed by atoms with Crippen molar-refractivity contribution in [2.45, 2.75) is 13.0 Å². The molecule has 7 heteroatoms. The van der Waals surface area contributed by atoms with Gasteiger partial charge in [-0.1, -0.05) is 12.1 Å². The summed E-state index contributed by atoms with van der Waals surface area (Å²) in [5.41, 5.74) is 3.47. The van der Waals surface area contributed by atoms with Crippen molar-refractivity contribution in [3.05, 3.63) is 47.8 Å². The van der Waals surface area contributed by atoms with Crippen molar-refractivity contribution in [3.63, 3.8) is 0 Å². The monoisotopic (exact) mass is 371 g/mol. The molecule has 0 spiro atoms. The number of piperazine rings is 1. The van der Waals surface area contributed by atoms with Gasteiger partial charge in [0.25, 0.3) is 0 Å². The molecule has 1 saturated heterocycles. The lowest BCUT2D eigenvalue weighted by Gasteiger charge is -2.36. The molecule has 1 aliphatic rings. The van der Waals surface area contributed by atoms with Crippen LogP contribution < -0.4 is 10.2 Å². The molecule has 1 N–H and O–H groups in total. The van der Waals surface area contributed by atoms with E-state index in [1.807, 2.05) is 13.1 Å². The molecule has 0 saturated carbocycles. The Morgan fingerprint density at radius 2 is 2.04 bits per heavy atom. The van der Waals surface area contributed by atoms with Gasteiger partial charge in [0.15, 0.2) is 0 Å². The Balaban J connectivity index is 1.51. The second-order valence-corrected chi connectivity index (χ2v) is 7.06. The van der Waals surface area contributed by atoms with Crippen LogP contribution >= 0.6 is 0 Å². The second-order valence-electron chi connectivity index (χ2n) is 7.06. The number of nitrogens with one attached hydrogen (secondary N) is 1. The highest BCUT2D eigenvalue weighted by Crippen LogP contribution is 2.18. The number of ether oxygens (including phenoxy) is 1. The van der Waals surface area contributed by atoms with Gasteiger partial charge in [0.2, 0.25) is 5.91 Å². The summed E-state index contributed by atoms with van der Waals surface area (Å²) in [6.07, 6.45) is 1.73. The van der Waals surface area contributed by atoms with Crippen molar-refractivity contribution in [3.8, 4) is 0 Å². The average molecular weight is 371 g/mol. The summed E-state index contributed by atoms with van der Waals surface area (Å²) < 4.78 is 7.04. The van der Waals surface area contributed by atoms with E-state index in [0.717, 1.165) is 31.9 Å². The van der Waals surface area contributed by atoms with E-state index in [0.29, 0.717) is 13.2 Å². The lowest BCUT2D eigenvalue weighted by Crippen LogP contribution is -2.50. The number of carbonyl (C=O) groups is 1. The predicted molar refractivity (Wildman–Crippen MR) is 106 cm³/mol. The molecule has 1 aromatic carbocycles. The first-order valence-electron chi connectivity index (χ1n) is 9.37. The molecular formula is C20H29N5O2. The number of carbonyl (C=O) groups excluding carboxylic acids is 1. The van der Waals surface area contributed by atoms with Gasteiger partial charge in [0.1, 0.15) is 0 Å². The number of hydrogen-bond acceptors (Lipinski definition) is 5. The average Bonchev–Trinajstić information content (AvgIpc) is 3.08. The number of methoxy groups -OCH3 is 1. The lowest BCUT2D eigenvalue weighted by molar-refractivity contribution is -0.123. The van der Waals surface area contributed by atoms with E-state index < -0.39 is 0 Å². The Labute approximate surface area is 160 Å². The molecule has 2 aromatic rings. The van der Waals surface area contributed by atoms with Gasteiger partial charge < -0.3 is 15.0 Å². The highest BCUT2D eigenvalue weighted by molar-refractivity contribution is 5.78. The van der Waals surface area contributed by atoms with Crippen LogP contribution in [-0.4, -0.2) is 67.0 Å². The van der Waals surface area contributed by atoms with Gasteiger partial charge in [0, 0.05) is 52.2 Å². The zero-order chi connectivity index (χ0) is 19.2. The minimum Gasteiger partial charge on any atom is -0.382 e. The fraction of sp³-hybridized carbons (Fsp3) is 0.500. The Kier molecular flexibility index (Phi) is 6.47. The molecular weight excluding hydrogens is 342 g/mol. The summed E-state index contributed by atoms with van der Waals surface area (Å²) in [4.78, 5) is 17.1. The molecule has 1 amide bonds. The highest BCUT2D eigenvalue weighted by atomic mass is 16.5. The summed E-state index contributed by atoms with van der Waals surface area (Å²) in [5.74, 6) is 0.0160. The van der Waals surface area contributed by atoms with Crippen LogP contribution in [0, 0.1) is 6.92 Å². The number of hydrogen-bond donors (Lipinski definition) is 1. The van der Waals surface area contributed by atoms with Crippen LogP contribution in [0.15, 0.2) is 36.5 Å². The maximum absolute atomic E-state index is 12.5. The van der Waals surface area contributed by atoms with Crippen molar-refractivity contribution >= 4 is 11.6 Å². The van der Waals surface area contributed by atoms with Gasteiger partial charge in [-0.3, -0.25) is 14.4 Å². The summed E-state index contributed by atoms with van der Waals surface area (Å²) in [6.45, 7) is 6.55. The fourth-order valence-corrected chi connectivity index (χ4v) is 3.53. The van der Waals surface area contributed by atoms with Gasteiger partial charge in [-0.15, -0.1) is 0 Å². The van der Waals surface area contributed by atoms with Gasteiger partial charge in [-0.2, -0.15) is 5.10 Å². The first-order valence-corrected chi connectivity index (χ1v) is 9.37. The van der Waals surface area contributed by atoms with Crippen LogP contribution in [0.25, 0.3) is 0 Å². The summed E-state index contributed by atoms with van der Waals surface area (Å²) >= 11 is 0. The predicted octanol–water partition coefficient (Wildman–Crippen LogP) is 1.35. The SMILES string of the molecule is COCC(NC(=O)CN1CCN(c2cccc(C)c2)CC1)c1ccnn1C. The normalized spacial score (nSPS) is 16.3. The van der Waals surface area contributed by atoms with Crippen LogP contribution in [0.1, 0.15) is 17.3 Å². The smallest absolute Gasteiger partial charge is 0.234 e. The van der Waals surface area contributed by atoms with Gasteiger partial charge in [-0.25, -0.2) is 0 Å². The van der Waals surface area contributed by atoms with Gasteiger partial charge in [0.05, 0.1) is 24.9 Å². The minimum absolute atomic E-state index is 0.0160. The number of rotatable bonds is 7. The second kappa shape index (κ2) is 9.01. The number of aromatic nitrogens is 2. The van der Waals surface area contributed by atoms with Gasteiger partial charge >= 0.3 is 0 Å². The van der Waals surface area contributed by atoms with Crippen LogP contribution in [0.2, 0.25) is 0 Å². The molecule has 1 unspecified atom stereocenters. The zero-order valence-corrected chi connectivity index (χ0v) is 16.4. The maximum atomic E-state index is 12.5. The minimum atomic E-state index is -0.191. The van der Waals surface area contributed by atoms with Crippen molar-refractivity contribution in [2.24, 2.45) is 7.05 Å². The first-order chi connectivity index (χ1) is 13.1. The molecule has 3 rings (SSSR count). The van der Waals surface area contributed by atoms with Crippen molar-refractivity contribution in [1.29, 1.82) is 0 Å². The molecule has 1 fully saturated rings. The Hall–Kier alpha value is -2.38. The standard InChI is InChI=1S/C20H29N5O2/c1-16-5-4-6-17(13-16)25-11-9-24(10-12-25)14-20(26)22-18(15-27-3)19-7-8-21-23(19)2/h4-8,13,18H,9-12,14-15H2,1-3H3,(H,22,26). The largest absolute Gasteiger partial charge is 0.382 e. The Morgan fingerprint density at radius 1 is 1.26 bits per heavy atom. The fourth-order valence-electron chi connectivity index (χ4n) is 3.53. The summed E-state index contributed by atoms with van der Waals surface area (Å²) in [7, 11) is 3.51. The number of aryl methyl sites for hydroxylation is 2. The van der Waals surface area contributed by atoms with E-state index in [2.05, 4.69) is 51.4 Å².